The molecule has 1 aromatic rings. The lowest BCUT2D eigenvalue weighted by Gasteiger charge is -2.18. The number of aryl methyl sites for hydroxylation is 1. The maximum absolute atomic E-state index is 11.3. The molecule has 0 saturated carbocycles. The number of carbonyl (C=O) groups excluding carboxylic acids is 1. The average Bonchev–Trinajstić information content (AvgIpc) is 2.34. The van der Waals surface area contributed by atoms with Crippen molar-refractivity contribution in [2.24, 2.45) is 0 Å². The predicted molar refractivity (Wildman–Crippen MR) is 71.7 cm³/mol. The Bertz CT molecular complexity index is 485. The molecule has 4 nitrogen and oxygen atoms in total. The Morgan fingerprint density at radius 2 is 1.89 bits per heavy atom. The van der Waals surface area contributed by atoms with Crippen molar-refractivity contribution < 1.29 is 19.4 Å². The van der Waals surface area contributed by atoms with E-state index in [9.17, 15) is 14.7 Å². The lowest BCUT2D eigenvalue weighted by molar-refractivity contribution is -0.146. The molecule has 1 unspecified atom stereocenters. The molecule has 1 atom stereocenters. The molecule has 0 saturated heterocycles. The Kier molecular flexibility index (Phi) is 5.30. The Balaban J connectivity index is 3.20. The molecule has 0 bridgehead atoms. The number of hydrogen-bond acceptors (Lipinski definition) is 3. The first kappa shape index (κ1) is 15.0. The summed E-state index contributed by atoms with van der Waals surface area (Å²) >= 11 is 0. The molecule has 0 aromatic heterocycles. The number of carbonyl (C=O) groups is 2. The third-order valence-electron chi connectivity index (χ3n) is 2.62. The van der Waals surface area contributed by atoms with Crippen LogP contribution in [-0.4, -0.2) is 17.0 Å². The van der Waals surface area contributed by atoms with Crippen molar-refractivity contribution in [3.63, 3.8) is 0 Å². The molecule has 0 amide bonds. The first-order valence-corrected chi connectivity index (χ1v) is 6.12. The Labute approximate surface area is 112 Å². The van der Waals surface area contributed by atoms with Crippen LogP contribution in [-0.2, 0) is 14.3 Å². The second-order valence-electron chi connectivity index (χ2n) is 4.27. The fourth-order valence-corrected chi connectivity index (χ4v) is 1.74. The van der Waals surface area contributed by atoms with Crippen LogP contribution in [0.25, 0.3) is 0 Å². The van der Waals surface area contributed by atoms with E-state index >= 15 is 0 Å². The summed E-state index contributed by atoms with van der Waals surface area (Å²) in [5.74, 6) is -1.58. The van der Waals surface area contributed by atoms with Crippen molar-refractivity contribution in [1.29, 1.82) is 0 Å². The highest BCUT2D eigenvalue weighted by atomic mass is 16.5. The molecule has 1 N–H and O–H groups in total. The van der Waals surface area contributed by atoms with E-state index in [1.165, 1.54) is 6.92 Å². The van der Waals surface area contributed by atoms with Crippen LogP contribution in [0.4, 0.5) is 0 Å². The van der Waals surface area contributed by atoms with Gasteiger partial charge in [0.05, 0.1) is 5.57 Å². The van der Waals surface area contributed by atoms with Crippen molar-refractivity contribution in [2.45, 2.75) is 33.3 Å². The van der Waals surface area contributed by atoms with E-state index < -0.39 is 18.0 Å². The van der Waals surface area contributed by atoms with E-state index in [0.29, 0.717) is 12.0 Å². The average molecular weight is 262 g/mol. The molecule has 1 aromatic carbocycles. The normalized spacial score (nSPS) is 12.9. The number of carboxylic acids is 1. The third kappa shape index (κ3) is 4.25. The molecular weight excluding hydrogens is 244 g/mol. The molecule has 0 aliphatic heterocycles. The lowest BCUT2D eigenvalue weighted by atomic mass is 9.99. The minimum Gasteiger partial charge on any atom is -0.478 e. The van der Waals surface area contributed by atoms with E-state index in [0.717, 1.165) is 5.56 Å². The van der Waals surface area contributed by atoms with Crippen molar-refractivity contribution in [3.05, 3.63) is 47.0 Å². The molecule has 102 valence electrons. The lowest BCUT2D eigenvalue weighted by Crippen LogP contribution is -2.17. The summed E-state index contributed by atoms with van der Waals surface area (Å²) in [6.45, 7) is 5.04. The summed E-state index contributed by atoms with van der Waals surface area (Å²) in [6, 6.07) is 7.26. The van der Waals surface area contributed by atoms with Crippen LogP contribution in [0, 0.1) is 6.92 Å². The van der Waals surface area contributed by atoms with Crippen LogP contribution in [0.5, 0.6) is 0 Å². The van der Waals surface area contributed by atoms with Crippen molar-refractivity contribution in [3.8, 4) is 0 Å². The van der Waals surface area contributed by atoms with Gasteiger partial charge in [0.2, 0.25) is 0 Å². The van der Waals surface area contributed by atoms with Crippen molar-refractivity contribution in [1.82, 2.24) is 0 Å². The topological polar surface area (TPSA) is 63.6 Å². The van der Waals surface area contributed by atoms with Crippen LogP contribution in [0.3, 0.4) is 0 Å². The molecular formula is C15H18O4. The molecule has 0 radical (unpaired) electrons. The van der Waals surface area contributed by atoms with Gasteiger partial charge in [-0.1, -0.05) is 42.8 Å². The maximum Gasteiger partial charge on any atom is 0.335 e. The predicted octanol–water partition coefficient (Wildman–Crippen LogP) is 3.02. The van der Waals surface area contributed by atoms with E-state index in [2.05, 4.69) is 0 Å². The van der Waals surface area contributed by atoms with Gasteiger partial charge in [0.15, 0.2) is 6.10 Å². The SMILES string of the molecule is CCC=C(C(=O)O)C(OC(C)=O)c1ccc(C)cc1. The smallest absolute Gasteiger partial charge is 0.335 e. The standard InChI is InChI=1S/C15H18O4/c1-4-5-13(15(17)18)14(19-11(3)16)12-8-6-10(2)7-9-12/h5-9,14H,4H2,1-3H3,(H,17,18). The van der Waals surface area contributed by atoms with Crippen molar-refractivity contribution >= 4 is 11.9 Å². The number of esters is 1. The largest absolute Gasteiger partial charge is 0.478 e. The fourth-order valence-electron chi connectivity index (χ4n) is 1.74. The van der Waals surface area contributed by atoms with Gasteiger partial charge in [-0.15, -0.1) is 0 Å². The molecule has 0 aliphatic carbocycles. The van der Waals surface area contributed by atoms with E-state index in [1.54, 1.807) is 18.2 Å². The second kappa shape index (κ2) is 6.73. The molecule has 1 rings (SSSR count). The second-order valence-corrected chi connectivity index (χ2v) is 4.27. The zero-order chi connectivity index (χ0) is 14.4. The van der Waals surface area contributed by atoms with Gasteiger partial charge in [0, 0.05) is 6.92 Å². The number of rotatable bonds is 5. The molecule has 0 heterocycles. The summed E-state index contributed by atoms with van der Waals surface area (Å²) < 4.78 is 5.16. The summed E-state index contributed by atoms with van der Waals surface area (Å²) in [7, 11) is 0. The Hall–Kier alpha value is -2.10. The molecule has 19 heavy (non-hydrogen) atoms. The zero-order valence-electron chi connectivity index (χ0n) is 11.3. The number of ether oxygens (including phenoxy) is 1. The minimum atomic E-state index is -1.08. The highest BCUT2D eigenvalue weighted by Gasteiger charge is 2.24. The monoisotopic (exact) mass is 262 g/mol. The van der Waals surface area contributed by atoms with Gasteiger partial charge in [-0.3, -0.25) is 4.79 Å². The van der Waals surface area contributed by atoms with Gasteiger partial charge in [0.1, 0.15) is 0 Å². The number of benzene rings is 1. The summed E-state index contributed by atoms with van der Waals surface area (Å²) in [5, 5.41) is 9.24. The number of carboxylic acid groups (broad SMARTS) is 1. The summed E-state index contributed by atoms with van der Waals surface area (Å²) in [4.78, 5) is 22.5. The van der Waals surface area contributed by atoms with Crippen LogP contribution < -0.4 is 0 Å². The molecule has 0 fully saturated rings. The van der Waals surface area contributed by atoms with Gasteiger partial charge in [-0.05, 0) is 18.9 Å². The van der Waals surface area contributed by atoms with Crippen molar-refractivity contribution in [2.75, 3.05) is 0 Å². The summed E-state index contributed by atoms with van der Waals surface area (Å²) in [6.07, 6.45) is 1.26. The van der Waals surface area contributed by atoms with E-state index in [1.807, 2.05) is 26.0 Å². The highest BCUT2D eigenvalue weighted by molar-refractivity contribution is 5.88. The Morgan fingerprint density at radius 3 is 2.32 bits per heavy atom. The minimum absolute atomic E-state index is 0.0848. The number of hydrogen-bond donors (Lipinski definition) is 1. The van der Waals surface area contributed by atoms with Gasteiger partial charge in [-0.25, -0.2) is 4.79 Å². The fraction of sp³-hybridized carbons (Fsp3) is 0.333. The van der Waals surface area contributed by atoms with E-state index in [4.69, 9.17) is 4.74 Å². The number of aliphatic carboxylic acids is 1. The summed E-state index contributed by atoms with van der Waals surface area (Å²) in [5.41, 5.74) is 1.80. The van der Waals surface area contributed by atoms with Gasteiger partial charge in [-0.2, -0.15) is 0 Å². The van der Waals surface area contributed by atoms with Crippen LogP contribution >= 0.6 is 0 Å². The Morgan fingerprint density at radius 1 is 1.32 bits per heavy atom. The van der Waals surface area contributed by atoms with Gasteiger partial charge >= 0.3 is 11.9 Å². The first-order chi connectivity index (χ1) is 8.95. The van der Waals surface area contributed by atoms with Gasteiger partial charge < -0.3 is 9.84 Å². The highest BCUT2D eigenvalue weighted by Crippen LogP contribution is 2.27. The molecule has 0 aliphatic rings. The zero-order valence-corrected chi connectivity index (χ0v) is 11.3. The number of allylic oxidation sites excluding steroid dienone is 1. The third-order valence-corrected chi connectivity index (χ3v) is 2.62. The maximum atomic E-state index is 11.3. The van der Waals surface area contributed by atoms with Crippen LogP contribution in [0.1, 0.15) is 37.5 Å². The quantitative estimate of drug-likeness (QED) is 0.654. The van der Waals surface area contributed by atoms with E-state index in [-0.39, 0.29) is 5.57 Å². The van der Waals surface area contributed by atoms with Gasteiger partial charge in [0.25, 0.3) is 0 Å². The first-order valence-electron chi connectivity index (χ1n) is 6.12. The molecule has 4 heteroatoms. The van der Waals surface area contributed by atoms with Crippen LogP contribution in [0.2, 0.25) is 0 Å². The molecule has 0 spiro atoms. The van der Waals surface area contributed by atoms with Crippen LogP contribution in [0.15, 0.2) is 35.9 Å².